The number of anilines is 1. The van der Waals surface area contributed by atoms with Crippen LogP contribution in [0.1, 0.15) is 27.9 Å². The number of nitrogens with zero attached hydrogens (tertiary/aromatic N) is 2. The van der Waals surface area contributed by atoms with Crippen LogP contribution in [0.15, 0.2) is 54.6 Å². The van der Waals surface area contributed by atoms with Gasteiger partial charge in [0.25, 0.3) is 5.91 Å². The van der Waals surface area contributed by atoms with Crippen LogP contribution < -0.4 is 10.1 Å². The van der Waals surface area contributed by atoms with Gasteiger partial charge in [-0.05, 0) is 30.7 Å². The van der Waals surface area contributed by atoms with E-state index in [1.165, 1.54) is 11.3 Å². The average Bonchev–Trinajstić information content (AvgIpc) is 3.14. The van der Waals surface area contributed by atoms with Gasteiger partial charge in [-0.1, -0.05) is 48.6 Å². The minimum absolute atomic E-state index is 0.0575. The molecule has 0 saturated carbocycles. The molecule has 0 spiro atoms. The summed E-state index contributed by atoms with van der Waals surface area (Å²) in [4.78, 5) is 24.2. The molecular formula is C19H17N3O3S. The number of aromatic nitrogens is 2. The monoisotopic (exact) mass is 367 g/mol. The summed E-state index contributed by atoms with van der Waals surface area (Å²) in [6, 6.07) is 15.8. The number of benzene rings is 2. The van der Waals surface area contributed by atoms with Crippen LogP contribution in [0.3, 0.4) is 0 Å². The summed E-state index contributed by atoms with van der Waals surface area (Å²) in [5, 5.41) is 11.8. The van der Waals surface area contributed by atoms with Crippen molar-refractivity contribution in [2.45, 2.75) is 13.3 Å². The Labute approximate surface area is 154 Å². The largest absolute Gasteiger partial charge is 0.484 e. The third kappa shape index (κ3) is 4.52. The van der Waals surface area contributed by atoms with Crippen LogP contribution in [0, 0.1) is 0 Å². The predicted molar refractivity (Wildman–Crippen MR) is 99.7 cm³/mol. The maximum Gasteiger partial charge on any atom is 0.264 e. The third-order valence-electron chi connectivity index (χ3n) is 3.54. The molecule has 1 amide bonds. The molecule has 0 fully saturated rings. The topological polar surface area (TPSA) is 81.2 Å². The van der Waals surface area contributed by atoms with E-state index in [1.54, 1.807) is 36.4 Å². The Hall–Kier alpha value is -3.06. The fourth-order valence-electron chi connectivity index (χ4n) is 2.21. The number of carbonyl (C=O) groups excluding carboxylic acids is 2. The van der Waals surface area contributed by atoms with E-state index in [0.717, 1.165) is 11.4 Å². The minimum atomic E-state index is -0.312. The fraction of sp³-hybridized carbons (Fsp3) is 0.158. The van der Waals surface area contributed by atoms with Gasteiger partial charge in [-0.3, -0.25) is 14.9 Å². The van der Waals surface area contributed by atoms with Crippen molar-refractivity contribution in [1.29, 1.82) is 0 Å². The lowest BCUT2D eigenvalue weighted by molar-refractivity contribution is -0.118. The van der Waals surface area contributed by atoms with Crippen molar-refractivity contribution in [3.63, 3.8) is 0 Å². The first-order valence-corrected chi connectivity index (χ1v) is 8.92. The summed E-state index contributed by atoms with van der Waals surface area (Å²) in [7, 11) is 0. The standard InChI is InChI=1S/C19H17N3O3S/c1-2-17-21-22-19(26-17)20-16(23)12-25-15-10-8-14(9-11-15)18(24)13-6-4-3-5-7-13/h3-11H,2,12H2,1H3,(H,20,22,23). The Morgan fingerprint density at radius 2 is 1.69 bits per heavy atom. The zero-order valence-electron chi connectivity index (χ0n) is 14.1. The molecule has 26 heavy (non-hydrogen) atoms. The molecule has 6 nitrogen and oxygen atoms in total. The zero-order chi connectivity index (χ0) is 18.4. The van der Waals surface area contributed by atoms with E-state index < -0.39 is 0 Å². The second kappa shape index (κ2) is 8.35. The molecular weight excluding hydrogens is 350 g/mol. The molecule has 0 atom stereocenters. The quantitative estimate of drug-likeness (QED) is 0.648. The number of hydrogen-bond donors (Lipinski definition) is 1. The molecule has 1 N–H and O–H groups in total. The van der Waals surface area contributed by atoms with Gasteiger partial charge in [0.2, 0.25) is 5.13 Å². The normalized spacial score (nSPS) is 10.3. The summed E-state index contributed by atoms with van der Waals surface area (Å²) >= 11 is 1.34. The number of nitrogens with one attached hydrogen (secondary N) is 1. The maximum absolute atomic E-state index is 12.3. The smallest absolute Gasteiger partial charge is 0.264 e. The summed E-state index contributed by atoms with van der Waals surface area (Å²) in [6.45, 7) is 1.83. The maximum atomic E-state index is 12.3. The molecule has 0 saturated heterocycles. The first-order chi connectivity index (χ1) is 12.7. The summed E-state index contributed by atoms with van der Waals surface area (Å²) in [6.07, 6.45) is 0.776. The van der Waals surface area contributed by atoms with Crippen molar-refractivity contribution in [3.8, 4) is 5.75 Å². The highest BCUT2D eigenvalue weighted by molar-refractivity contribution is 7.15. The number of carbonyl (C=O) groups is 2. The average molecular weight is 367 g/mol. The van der Waals surface area contributed by atoms with Gasteiger partial charge < -0.3 is 4.74 Å². The van der Waals surface area contributed by atoms with Gasteiger partial charge in [0.05, 0.1) is 0 Å². The second-order valence-corrected chi connectivity index (χ2v) is 6.47. The van der Waals surface area contributed by atoms with Crippen molar-refractivity contribution in [1.82, 2.24) is 10.2 Å². The van der Waals surface area contributed by atoms with Crippen LogP contribution in [0.25, 0.3) is 0 Å². The van der Waals surface area contributed by atoms with Crippen LogP contribution in [-0.4, -0.2) is 28.5 Å². The molecule has 0 aliphatic rings. The zero-order valence-corrected chi connectivity index (χ0v) is 15.0. The molecule has 0 bridgehead atoms. The highest BCUT2D eigenvalue weighted by Crippen LogP contribution is 2.17. The van der Waals surface area contributed by atoms with E-state index in [9.17, 15) is 9.59 Å². The van der Waals surface area contributed by atoms with Crippen molar-refractivity contribution in [3.05, 3.63) is 70.7 Å². The van der Waals surface area contributed by atoms with Crippen LogP contribution in [-0.2, 0) is 11.2 Å². The first kappa shape index (κ1) is 17.8. The summed E-state index contributed by atoms with van der Waals surface area (Å²) in [5.41, 5.74) is 1.19. The number of ketones is 1. The molecule has 0 unspecified atom stereocenters. The third-order valence-corrected chi connectivity index (χ3v) is 4.52. The number of ether oxygens (including phenoxy) is 1. The predicted octanol–water partition coefficient (Wildman–Crippen LogP) is 3.35. The van der Waals surface area contributed by atoms with Gasteiger partial charge >= 0.3 is 0 Å². The Bertz CT molecular complexity index is 892. The van der Waals surface area contributed by atoms with Crippen molar-refractivity contribution < 1.29 is 14.3 Å². The number of aryl methyl sites for hydroxylation is 1. The Morgan fingerprint density at radius 3 is 2.35 bits per heavy atom. The van der Waals surface area contributed by atoms with E-state index in [4.69, 9.17) is 4.74 Å². The van der Waals surface area contributed by atoms with E-state index in [-0.39, 0.29) is 18.3 Å². The number of rotatable bonds is 7. The Kier molecular flexibility index (Phi) is 5.70. The van der Waals surface area contributed by atoms with E-state index in [0.29, 0.717) is 22.0 Å². The Balaban J connectivity index is 1.54. The highest BCUT2D eigenvalue weighted by atomic mass is 32.1. The molecule has 3 aromatic rings. The van der Waals surface area contributed by atoms with Crippen molar-refractivity contribution >= 4 is 28.2 Å². The van der Waals surface area contributed by atoms with Crippen molar-refractivity contribution in [2.75, 3.05) is 11.9 Å². The highest BCUT2D eigenvalue weighted by Gasteiger charge is 2.10. The van der Waals surface area contributed by atoms with Gasteiger partial charge in [-0.2, -0.15) is 0 Å². The molecule has 7 heteroatoms. The molecule has 0 aliphatic heterocycles. The molecule has 0 radical (unpaired) electrons. The van der Waals surface area contributed by atoms with Crippen LogP contribution in [0.4, 0.5) is 5.13 Å². The molecule has 1 aromatic heterocycles. The van der Waals surface area contributed by atoms with E-state index >= 15 is 0 Å². The Morgan fingerprint density at radius 1 is 1.00 bits per heavy atom. The summed E-state index contributed by atoms with van der Waals surface area (Å²) < 4.78 is 5.45. The van der Waals surface area contributed by atoms with E-state index in [1.807, 2.05) is 25.1 Å². The summed E-state index contributed by atoms with van der Waals surface area (Å²) in [5.74, 6) is 0.141. The van der Waals surface area contributed by atoms with Gasteiger partial charge in [0, 0.05) is 11.1 Å². The first-order valence-electron chi connectivity index (χ1n) is 8.10. The second-order valence-electron chi connectivity index (χ2n) is 5.41. The molecule has 3 rings (SSSR count). The molecule has 1 heterocycles. The van der Waals surface area contributed by atoms with Crippen LogP contribution in [0.2, 0.25) is 0 Å². The number of amides is 1. The van der Waals surface area contributed by atoms with Crippen LogP contribution in [0.5, 0.6) is 5.75 Å². The lowest BCUT2D eigenvalue weighted by Crippen LogP contribution is -2.20. The van der Waals surface area contributed by atoms with Gasteiger partial charge in [-0.15, -0.1) is 10.2 Å². The van der Waals surface area contributed by atoms with E-state index in [2.05, 4.69) is 15.5 Å². The SMILES string of the molecule is CCc1nnc(NC(=O)COc2ccc(C(=O)c3ccccc3)cc2)s1. The lowest BCUT2D eigenvalue weighted by atomic mass is 10.0. The fourth-order valence-corrected chi connectivity index (χ4v) is 2.91. The van der Waals surface area contributed by atoms with Crippen molar-refractivity contribution in [2.24, 2.45) is 0 Å². The van der Waals surface area contributed by atoms with Gasteiger partial charge in [0.15, 0.2) is 12.4 Å². The minimum Gasteiger partial charge on any atom is -0.484 e. The van der Waals surface area contributed by atoms with Gasteiger partial charge in [-0.25, -0.2) is 0 Å². The van der Waals surface area contributed by atoms with Crippen LogP contribution >= 0.6 is 11.3 Å². The number of hydrogen-bond acceptors (Lipinski definition) is 6. The molecule has 2 aromatic carbocycles. The molecule has 0 aliphatic carbocycles. The molecule has 132 valence electrons. The van der Waals surface area contributed by atoms with Gasteiger partial charge in [0.1, 0.15) is 10.8 Å². The lowest BCUT2D eigenvalue weighted by Gasteiger charge is -2.07.